The smallest absolute Gasteiger partial charge is 0.233 e. The Bertz CT molecular complexity index is 760. The molecule has 0 aromatic heterocycles. The van der Waals surface area contributed by atoms with Crippen molar-refractivity contribution >= 4 is 46.4 Å². The van der Waals surface area contributed by atoms with Crippen molar-refractivity contribution in [3.05, 3.63) is 53.6 Å². The summed E-state index contributed by atoms with van der Waals surface area (Å²) >= 11 is 5.83. The molecule has 0 heterocycles. The maximum Gasteiger partial charge on any atom is 0.233 e. The molecule has 0 radical (unpaired) electrons. The predicted octanol–water partition coefficient (Wildman–Crippen LogP) is 3.27. The molecule has 3 N–H and O–H groups in total. The van der Waals surface area contributed by atoms with Gasteiger partial charge in [0.15, 0.2) is 0 Å². The molecule has 0 aliphatic carbocycles. The zero-order chi connectivity index (χ0) is 17.5. The molecule has 2 rings (SSSR count). The van der Waals surface area contributed by atoms with E-state index in [1.165, 1.54) is 6.92 Å². The number of hydrogen-bond acceptors (Lipinski definition) is 3. The molecule has 0 unspecified atom stereocenters. The number of nitrogens with one attached hydrogen (secondary N) is 3. The van der Waals surface area contributed by atoms with Crippen molar-refractivity contribution in [3.8, 4) is 0 Å². The van der Waals surface area contributed by atoms with E-state index in [1.54, 1.807) is 48.5 Å². The van der Waals surface area contributed by atoms with E-state index in [1.807, 2.05) is 0 Å². The highest BCUT2D eigenvalue weighted by Crippen LogP contribution is 2.16. The molecule has 0 bridgehead atoms. The number of rotatable bonds is 5. The van der Waals surface area contributed by atoms with Gasteiger partial charge >= 0.3 is 0 Å². The van der Waals surface area contributed by atoms with Gasteiger partial charge in [0.2, 0.25) is 17.7 Å². The van der Waals surface area contributed by atoms with Crippen LogP contribution in [0.25, 0.3) is 0 Å². The number of amides is 3. The van der Waals surface area contributed by atoms with E-state index in [2.05, 4.69) is 16.0 Å². The summed E-state index contributed by atoms with van der Waals surface area (Å²) in [4.78, 5) is 34.6. The summed E-state index contributed by atoms with van der Waals surface area (Å²) in [6, 6.07) is 13.3. The molecule has 0 saturated carbocycles. The van der Waals surface area contributed by atoms with Crippen molar-refractivity contribution in [2.75, 3.05) is 16.0 Å². The summed E-state index contributed by atoms with van der Waals surface area (Å²) in [7, 11) is 0. The van der Waals surface area contributed by atoms with Gasteiger partial charge in [-0.2, -0.15) is 0 Å². The summed E-state index contributed by atoms with van der Waals surface area (Å²) in [5, 5.41) is 8.33. The lowest BCUT2D eigenvalue weighted by molar-refractivity contribution is -0.123. The average Bonchev–Trinajstić information content (AvgIpc) is 2.48. The Kier molecular flexibility index (Phi) is 5.92. The van der Waals surface area contributed by atoms with Crippen LogP contribution in [0.5, 0.6) is 0 Å². The van der Waals surface area contributed by atoms with Crippen molar-refractivity contribution in [1.29, 1.82) is 0 Å². The second-order valence-electron chi connectivity index (χ2n) is 5.04. The highest BCUT2D eigenvalue weighted by molar-refractivity contribution is 6.30. The minimum Gasteiger partial charge on any atom is -0.326 e. The maximum atomic E-state index is 11.9. The largest absolute Gasteiger partial charge is 0.326 e. The van der Waals surface area contributed by atoms with E-state index in [0.717, 1.165) is 0 Å². The van der Waals surface area contributed by atoms with Gasteiger partial charge in [0, 0.05) is 29.0 Å². The first-order chi connectivity index (χ1) is 11.4. The molecule has 0 aliphatic rings. The van der Waals surface area contributed by atoms with Crippen LogP contribution in [0.15, 0.2) is 48.5 Å². The summed E-state index contributed by atoms with van der Waals surface area (Å²) in [6.45, 7) is 1.41. The summed E-state index contributed by atoms with van der Waals surface area (Å²) in [5.74, 6) is -1.06. The monoisotopic (exact) mass is 345 g/mol. The van der Waals surface area contributed by atoms with Gasteiger partial charge in [-0.25, -0.2) is 0 Å². The summed E-state index contributed by atoms with van der Waals surface area (Å²) in [6.07, 6.45) is -0.319. The van der Waals surface area contributed by atoms with E-state index >= 15 is 0 Å². The van der Waals surface area contributed by atoms with E-state index in [-0.39, 0.29) is 12.3 Å². The summed E-state index contributed by atoms with van der Waals surface area (Å²) < 4.78 is 0. The number of halogens is 1. The maximum absolute atomic E-state index is 11.9. The summed E-state index contributed by atoms with van der Waals surface area (Å²) in [5.41, 5.74) is 1.68. The van der Waals surface area contributed by atoms with Crippen LogP contribution in [0.2, 0.25) is 5.02 Å². The first-order valence-electron chi connectivity index (χ1n) is 7.15. The minimum absolute atomic E-state index is 0.176. The SMILES string of the molecule is CC(=O)Nc1ccc(NC(=O)CC(=O)Nc2cccc(Cl)c2)cc1. The van der Waals surface area contributed by atoms with Gasteiger partial charge in [-0.3, -0.25) is 14.4 Å². The Balaban J connectivity index is 1.86. The quantitative estimate of drug-likeness (QED) is 0.727. The standard InChI is InChI=1S/C17H16ClN3O3/c1-11(22)19-13-5-7-14(8-6-13)20-16(23)10-17(24)21-15-4-2-3-12(18)9-15/h2-9H,10H2,1H3,(H,19,22)(H,20,23)(H,21,24). The van der Waals surface area contributed by atoms with Gasteiger partial charge in [0.25, 0.3) is 0 Å². The van der Waals surface area contributed by atoms with E-state index < -0.39 is 11.8 Å². The number of anilines is 3. The molecular formula is C17H16ClN3O3. The first kappa shape index (κ1) is 17.5. The van der Waals surface area contributed by atoms with E-state index in [0.29, 0.717) is 22.1 Å². The fraction of sp³-hybridized carbons (Fsp3) is 0.118. The number of carbonyl (C=O) groups is 3. The molecule has 7 heteroatoms. The van der Waals surface area contributed by atoms with Crippen molar-refractivity contribution in [1.82, 2.24) is 0 Å². The molecule has 0 saturated heterocycles. The van der Waals surface area contributed by atoms with Crippen LogP contribution in [0.3, 0.4) is 0 Å². The average molecular weight is 346 g/mol. The van der Waals surface area contributed by atoms with Crippen molar-refractivity contribution in [2.45, 2.75) is 13.3 Å². The lowest BCUT2D eigenvalue weighted by atomic mass is 10.2. The fourth-order valence-electron chi connectivity index (χ4n) is 1.96. The molecule has 0 aliphatic heterocycles. The molecule has 6 nitrogen and oxygen atoms in total. The number of carbonyl (C=O) groups excluding carboxylic acids is 3. The van der Waals surface area contributed by atoms with Gasteiger partial charge < -0.3 is 16.0 Å². The van der Waals surface area contributed by atoms with Gasteiger partial charge in [0.1, 0.15) is 6.42 Å². The normalized spacial score (nSPS) is 9.92. The Morgan fingerprint density at radius 3 is 1.92 bits per heavy atom. The Morgan fingerprint density at radius 1 is 0.833 bits per heavy atom. The Hall–Kier alpha value is -2.86. The third-order valence-corrected chi connectivity index (χ3v) is 3.15. The third-order valence-electron chi connectivity index (χ3n) is 2.92. The van der Waals surface area contributed by atoms with Gasteiger partial charge in [0.05, 0.1) is 0 Å². The molecule has 2 aromatic rings. The van der Waals surface area contributed by atoms with Crippen LogP contribution in [0.1, 0.15) is 13.3 Å². The Labute approximate surface area is 144 Å². The lowest BCUT2D eigenvalue weighted by Gasteiger charge is -2.08. The van der Waals surface area contributed by atoms with Gasteiger partial charge in [-0.1, -0.05) is 17.7 Å². The Morgan fingerprint density at radius 2 is 1.38 bits per heavy atom. The molecular weight excluding hydrogens is 330 g/mol. The van der Waals surface area contributed by atoms with Crippen molar-refractivity contribution in [3.63, 3.8) is 0 Å². The molecule has 24 heavy (non-hydrogen) atoms. The molecule has 0 atom stereocenters. The highest BCUT2D eigenvalue weighted by atomic mass is 35.5. The van der Waals surface area contributed by atoms with Crippen LogP contribution in [0, 0.1) is 0 Å². The lowest BCUT2D eigenvalue weighted by Crippen LogP contribution is -2.21. The second-order valence-corrected chi connectivity index (χ2v) is 5.48. The van der Waals surface area contributed by atoms with Crippen LogP contribution in [0.4, 0.5) is 17.1 Å². The van der Waals surface area contributed by atoms with Gasteiger partial charge in [-0.05, 0) is 42.5 Å². The number of hydrogen-bond donors (Lipinski definition) is 3. The zero-order valence-corrected chi connectivity index (χ0v) is 13.7. The van der Waals surface area contributed by atoms with Crippen LogP contribution in [-0.2, 0) is 14.4 Å². The van der Waals surface area contributed by atoms with E-state index in [9.17, 15) is 14.4 Å². The highest BCUT2D eigenvalue weighted by Gasteiger charge is 2.10. The van der Waals surface area contributed by atoms with Crippen LogP contribution in [-0.4, -0.2) is 17.7 Å². The molecule has 124 valence electrons. The topological polar surface area (TPSA) is 87.3 Å². The molecule has 0 spiro atoms. The van der Waals surface area contributed by atoms with E-state index in [4.69, 9.17) is 11.6 Å². The third kappa shape index (κ3) is 5.73. The first-order valence-corrected chi connectivity index (χ1v) is 7.53. The van der Waals surface area contributed by atoms with Crippen LogP contribution >= 0.6 is 11.6 Å². The fourth-order valence-corrected chi connectivity index (χ4v) is 2.15. The van der Waals surface area contributed by atoms with Crippen LogP contribution < -0.4 is 16.0 Å². The van der Waals surface area contributed by atoms with Gasteiger partial charge in [-0.15, -0.1) is 0 Å². The van der Waals surface area contributed by atoms with Crippen molar-refractivity contribution < 1.29 is 14.4 Å². The van der Waals surface area contributed by atoms with Crippen molar-refractivity contribution in [2.24, 2.45) is 0 Å². The zero-order valence-electron chi connectivity index (χ0n) is 12.9. The second kappa shape index (κ2) is 8.12. The predicted molar refractivity (Wildman–Crippen MR) is 94.1 cm³/mol. The molecule has 2 aromatic carbocycles. The molecule has 3 amide bonds. The number of benzene rings is 2. The minimum atomic E-state index is -0.443. The molecule has 0 fully saturated rings.